The Hall–Kier alpha value is -0.620. The van der Waals surface area contributed by atoms with Gasteiger partial charge in [-0.05, 0) is 46.7 Å². The van der Waals surface area contributed by atoms with Crippen LogP contribution in [-0.4, -0.2) is 18.0 Å². The lowest BCUT2D eigenvalue weighted by atomic mass is 10.2. The predicted molar refractivity (Wildman–Crippen MR) is 78.6 cm³/mol. The summed E-state index contributed by atoms with van der Waals surface area (Å²) >= 11 is 5.24. The maximum Gasteiger partial charge on any atom is 0.117 e. The molecule has 0 amide bonds. The first-order valence-electron chi connectivity index (χ1n) is 5.96. The number of nitrogens with zero attached hydrogens (tertiary/aromatic N) is 1. The molecule has 2 aromatic rings. The Kier molecular flexibility index (Phi) is 5.00. The van der Waals surface area contributed by atoms with E-state index in [9.17, 15) is 0 Å². The summed E-state index contributed by atoms with van der Waals surface area (Å²) in [6.45, 7) is 4.49. The lowest BCUT2D eigenvalue weighted by molar-refractivity contribution is 0.190. The first kappa shape index (κ1) is 13.8. The lowest BCUT2D eigenvalue weighted by Gasteiger charge is -2.28. The molecule has 0 aliphatic heterocycles. The number of halogens is 1. The van der Waals surface area contributed by atoms with Crippen LogP contribution in [-0.2, 0) is 6.54 Å². The number of rotatable bonds is 6. The number of furan rings is 1. The molecule has 0 spiro atoms. The average molecular weight is 329 g/mol. The minimum atomic E-state index is 0.247. The van der Waals surface area contributed by atoms with Crippen LogP contribution >= 0.6 is 27.3 Å². The number of nitrogens with two attached hydrogens (primary N) is 1. The highest BCUT2D eigenvalue weighted by Crippen LogP contribution is 2.31. The van der Waals surface area contributed by atoms with Crippen LogP contribution in [0, 0.1) is 0 Å². The van der Waals surface area contributed by atoms with Gasteiger partial charge in [-0.1, -0.05) is 6.92 Å². The van der Waals surface area contributed by atoms with Crippen molar-refractivity contribution in [1.29, 1.82) is 0 Å². The third kappa shape index (κ3) is 3.23. The fourth-order valence-corrected chi connectivity index (χ4v) is 3.57. The van der Waals surface area contributed by atoms with E-state index >= 15 is 0 Å². The summed E-state index contributed by atoms with van der Waals surface area (Å²) < 4.78 is 6.56. The molecule has 3 nitrogen and oxygen atoms in total. The third-order valence-corrected chi connectivity index (χ3v) is 4.66. The van der Waals surface area contributed by atoms with E-state index in [0.717, 1.165) is 22.6 Å². The smallest absolute Gasteiger partial charge is 0.117 e. The second-order valence-corrected chi connectivity index (χ2v) is 6.53. The quantitative estimate of drug-likeness (QED) is 0.880. The molecule has 0 bridgehead atoms. The molecule has 1 unspecified atom stereocenters. The fourth-order valence-electron chi connectivity index (χ4n) is 2.00. The number of likely N-dealkylation sites (N-methyl/N-ethyl adjacent to an activating group) is 1. The van der Waals surface area contributed by atoms with E-state index in [0.29, 0.717) is 6.54 Å². The lowest BCUT2D eigenvalue weighted by Crippen LogP contribution is -2.32. The minimum absolute atomic E-state index is 0.247. The molecule has 0 saturated carbocycles. The van der Waals surface area contributed by atoms with Gasteiger partial charge in [0.05, 0.1) is 22.6 Å². The molecule has 0 aliphatic rings. The summed E-state index contributed by atoms with van der Waals surface area (Å²) in [6.07, 6.45) is 1.71. The monoisotopic (exact) mass is 328 g/mol. The molecule has 2 rings (SSSR count). The standard InChI is InChI=1S/C13H17BrN2OS/c1-2-16(9-10-4-3-7-17-10)11(8-15)12-5-6-13(14)18-12/h3-7,11H,2,8-9,15H2,1H3. The van der Waals surface area contributed by atoms with Crippen LogP contribution in [0.2, 0.25) is 0 Å². The summed E-state index contributed by atoms with van der Waals surface area (Å²) in [6, 6.07) is 8.38. The van der Waals surface area contributed by atoms with Crippen molar-refractivity contribution < 1.29 is 4.42 Å². The largest absolute Gasteiger partial charge is 0.468 e. The zero-order valence-electron chi connectivity index (χ0n) is 10.3. The number of thiophene rings is 1. The van der Waals surface area contributed by atoms with Crippen LogP contribution in [0.25, 0.3) is 0 Å². The topological polar surface area (TPSA) is 42.4 Å². The second kappa shape index (κ2) is 6.52. The van der Waals surface area contributed by atoms with Crippen LogP contribution < -0.4 is 5.73 Å². The molecule has 0 aromatic carbocycles. The Balaban J connectivity index is 2.13. The summed E-state index contributed by atoms with van der Waals surface area (Å²) in [5.74, 6) is 0.978. The van der Waals surface area contributed by atoms with Crippen LogP contribution in [0.4, 0.5) is 0 Å². The highest BCUT2D eigenvalue weighted by atomic mass is 79.9. The molecule has 1 atom stereocenters. The zero-order valence-corrected chi connectivity index (χ0v) is 12.7. The molecule has 0 fully saturated rings. The van der Waals surface area contributed by atoms with Crippen molar-refractivity contribution in [3.63, 3.8) is 0 Å². The Morgan fingerprint density at radius 3 is 2.78 bits per heavy atom. The van der Waals surface area contributed by atoms with Gasteiger partial charge in [-0.25, -0.2) is 0 Å². The molecular formula is C13H17BrN2OS. The van der Waals surface area contributed by atoms with Crippen molar-refractivity contribution in [3.05, 3.63) is 45.0 Å². The Labute approximate surface area is 120 Å². The summed E-state index contributed by atoms with van der Waals surface area (Å²) in [4.78, 5) is 3.62. The van der Waals surface area contributed by atoms with Crippen molar-refractivity contribution in [3.8, 4) is 0 Å². The maximum atomic E-state index is 5.94. The molecule has 0 radical (unpaired) electrons. The Morgan fingerprint density at radius 2 is 2.28 bits per heavy atom. The molecule has 0 saturated heterocycles. The normalized spacial score (nSPS) is 13.1. The van der Waals surface area contributed by atoms with E-state index in [4.69, 9.17) is 10.2 Å². The van der Waals surface area contributed by atoms with Gasteiger partial charge in [0, 0.05) is 11.4 Å². The first-order chi connectivity index (χ1) is 8.74. The first-order valence-corrected chi connectivity index (χ1v) is 7.57. The van der Waals surface area contributed by atoms with E-state index in [2.05, 4.69) is 39.9 Å². The van der Waals surface area contributed by atoms with Crippen LogP contribution in [0.3, 0.4) is 0 Å². The van der Waals surface area contributed by atoms with Gasteiger partial charge in [0.2, 0.25) is 0 Å². The van der Waals surface area contributed by atoms with Crippen molar-refractivity contribution in [2.24, 2.45) is 5.73 Å². The predicted octanol–water partition coefficient (Wildman–Crippen LogP) is 3.63. The van der Waals surface area contributed by atoms with E-state index in [1.165, 1.54) is 4.88 Å². The van der Waals surface area contributed by atoms with E-state index in [1.807, 2.05) is 12.1 Å². The second-order valence-electron chi connectivity index (χ2n) is 4.04. The average Bonchev–Trinajstić information content (AvgIpc) is 3.01. The molecule has 2 aromatic heterocycles. The fraction of sp³-hybridized carbons (Fsp3) is 0.385. The molecule has 2 heterocycles. The van der Waals surface area contributed by atoms with Gasteiger partial charge < -0.3 is 10.2 Å². The molecule has 5 heteroatoms. The van der Waals surface area contributed by atoms with Crippen LogP contribution in [0.5, 0.6) is 0 Å². The third-order valence-electron chi connectivity index (χ3n) is 2.93. The van der Waals surface area contributed by atoms with Crippen molar-refractivity contribution in [2.45, 2.75) is 19.5 Å². The number of hydrogen-bond acceptors (Lipinski definition) is 4. The van der Waals surface area contributed by atoms with Crippen molar-refractivity contribution >= 4 is 27.3 Å². The SMILES string of the molecule is CCN(Cc1ccco1)C(CN)c1ccc(Br)s1. The van der Waals surface area contributed by atoms with Crippen LogP contribution in [0.1, 0.15) is 23.6 Å². The molecule has 98 valence electrons. The van der Waals surface area contributed by atoms with Gasteiger partial charge in [0.15, 0.2) is 0 Å². The van der Waals surface area contributed by atoms with Gasteiger partial charge in [-0.2, -0.15) is 0 Å². The molecule has 2 N–H and O–H groups in total. The highest BCUT2D eigenvalue weighted by Gasteiger charge is 2.20. The highest BCUT2D eigenvalue weighted by molar-refractivity contribution is 9.11. The van der Waals surface area contributed by atoms with Gasteiger partial charge in [-0.3, -0.25) is 4.90 Å². The molecule has 18 heavy (non-hydrogen) atoms. The van der Waals surface area contributed by atoms with E-state index in [1.54, 1.807) is 17.6 Å². The minimum Gasteiger partial charge on any atom is -0.468 e. The van der Waals surface area contributed by atoms with Gasteiger partial charge in [-0.15, -0.1) is 11.3 Å². The molecule has 0 aliphatic carbocycles. The maximum absolute atomic E-state index is 5.94. The summed E-state index contributed by atoms with van der Waals surface area (Å²) in [5.41, 5.74) is 5.94. The van der Waals surface area contributed by atoms with E-state index in [-0.39, 0.29) is 6.04 Å². The van der Waals surface area contributed by atoms with Crippen molar-refractivity contribution in [2.75, 3.05) is 13.1 Å². The van der Waals surface area contributed by atoms with Crippen LogP contribution in [0.15, 0.2) is 38.7 Å². The van der Waals surface area contributed by atoms with E-state index < -0.39 is 0 Å². The number of hydrogen-bond donors (Lipinski definition) is 1. The molecular weight excluding hydrogens is 312 g/mol. The van der Waals surface area contributed by atoms with Gasteiger partial charge in [0.25, 0.3) is 0 Å². The summed E-state index contributed by atoms with van der Waals surface area (Å²) in [7, 11) is 0. The Morgan fingerprint density at radius 1 is 1.44 bits per heavy atom. The van der Waals surface area contributed by atoms with Gasteiger partial charge >= 0.3 is 0 Å². The summed E-state index contributed by atoms with van der Waals surface area (Å²) in [5, 5.41) is 0. The zero-order chi connectivity index (χ0) is 13.0. The van der Waals surface area contributed by atoms with Gasteiger partial charge in [0.1, 0.15) is 5.76 Å². The Bertz CT molecular complexity index is 469. The van der Waals surface area contributed by atoms with Crippen molar-refractivity contribution in [1.82, 2.24) is 4.90 Å².